The van der Waals surface area contributed by atoms with E-state index in [2.05, 4.69) is 55.3 Å². The van der Waals surface area contributed by atoms with Gasteiger partial charge in [-0.1, -0.05) is 81.4 Å². The van der Waals surface area contributed by atoms with Gasteiger partial charge in [-0.3, -0.25) is 19.1 Å². The largest absolute Gasteiger partial charge is 0.405 e. The summed E-state index contributed by atoms with van der Waals surface area (Å²) < 4.78 is 20.4. The number of aliphatic hydroxyl groups is 1. The third-order valence-electron chi connectivity index (χ3n) is 7.59. The minimum Gasteiger partial charge on any atom is -0.405 e. The third-order valence-corrected chi connectivity index (χ3v) is 12.6. The molecule has 1 amide bonds. The van der Waals surface area contributed by atoms with Crippen LogP contribution in [-0.4, -0.2) is 67.0 Å². The number of benzene rings is 2. The van der Waals surface area contributed by atoms with E-state index in [1.807, 2.05) is 36.4 Å². The smallest absolute Gasteiger partial charge is 0.330 e. The third kappa shape index (κ3) is 6.00. The van der Waals surface area contributed by atoms with Crippen molar-refractivity contribution >= 4 is 24.6 Å². The van der Waals surface area contributed by atoms with Gasteiger partial charge in [0.2, 0.25) is 5.91 Å². The number of carbonyl (C=O) groups excluding carboxylic acids is 1. The molecule has 0 aliphatic carbocycles. The number of ether oxygens (including phenoxy) is 2. The van der Waals surface area contributed by atoms with Crippen molar-refractivity contribution in [3.05, 3.63) is 93.3 Å². The van der Waals surface area contributed by atoms with Crippen molar-refractivity contribution in [3.8, 4) is 0 Å². The zero-order valence-electron chi connectivity index (χ0n) is 24.3. The molecule has 0 saturated carbocycles. The molecule has 1 fully saturated rings. The molecule has 1 saturated heterocycles. The number of rotatable bonds is 9. The summed E-state index contributed by atoms with van der Waals surface area (Å²) in [6.45, 7) is 9.55. The van der Waals surface area contributed by atoms with Gasteiger partial charge < -0.3 is 24.3 Å². The van der Waals surface area contributed by atoms with Crippen LogP contribution in [0.2, 0.25) is 5.04 Å². The van der Waals surface area contributed by atoms with Crippen molar-refractivity contribution < 1.29 is 23.8 Å². The lowest BCUT2D eigenvalue weighted by Gasteiger charge is -2.43. The second-order valence-electron chi connectivity index (χ2n) is 11.4. The van der Waals surface area contributed by atoms with E-state index < -0.39 is 56.1 Å². The summed E-state index contributed by atoms with van der Waals surface area (Å²) in [5, 5.41) is 15.9. The highest BCUT2D eigenvalue weighted by Gasteiger charge is 2.53. The minimum atomic E-state index is -2.96. The highest BCUT2D eigenvalue weighted by Crippen LogP contribution is 2.38. The van der Waals surface area contributed by atoms with Crippen LogP contribution in [0, 0.1) is 6.92 Å². The van der Waals surface area contributed by atoms with Gasteiger partial charge in [0.1, 0.15) is 24.4 Å². The van der Waals surface area contributed by atoms with Gasteiger partial charge in [0.15, 0.2) is 6.23 Å². The predicted octanol–water partition coefficient (Wildman–Crippen LogP) is 1.20. The maximum Gasteiger partial charge on any atom is 0.330 e. The molecule has 41 heavy (non-hydrogen) atoms. The van der Waals surface area contributed by atoms with E-state index in [9.17, 15) is 19.5 Å². The second kappa shape index (κ2) is 12.3. The van der Waals surface area contributed by atoms with E-state index in [-0.39, 0.29) is 17.2 Å². The molecule has 11 heteroatoms. The lowest BCUT2D eigenvalue weighted by atomic mass is 10.1. The normalized spacial score (nSPS) is 21.9. The quantitative estimate of drug-likeness (QED) is 0.324. The van der Waals surface area contributed by atoms with E-state index in [1.165, 1.54) is 17.8 Å². The minimum absolute atomic E-state index is 0.00372. The van der Waals surface area contributed by atoms with Crippen LogP contribution in [-0.2, 0) is 18.7 Å². The molecule has 0 bridgehead atoms. The number of hydrogen-bond donors (Lipinski definition) is 3. The monoisotopic (exact) mass is 581 g/mol. The summed E-state index contributed by atoms with van der Waals surface area (Å²) in [6, 6.07) is 20.1. The number of amides is 1. The van der Waals surface area contributed by atoms with Crippen LogP contribution < -0.4 is 26.9 Å². The molecular formula is C30H39N3O7Si. The van der Waals surface area contributed by atoms with Crippen LogP contribution in [0.4, 0.5) is 0 Å². The van der Waals surface area contributed by atoms with Gasteiger partial charge in [-0.25, -0.2) is 4.79 Å². The number of nitrogens with one attached hydrogen (secondary N) is 2. The first-order valence-corrected chi connectivity index (χ1v) is 15.6. The lowest BCUT2D eigenvalue weighted by molar-refractivity contribution is -0.144. The Kier molecular flexibility index (Phi) is 9.15. The Morgan fingerprint density at radius 2 is 1.66 bits per heavy atom. The number of H-pyrrole nitrogens is 1. The summed E-state index contributed by atoms with van der Waals surface area (Å²) in [6.07, 6.45) is -3.94. The average molecular weight is 582 g/mol. The van der Waals surface area contributed by atoms with Gasteiger partial charge in [0.05, 0.1) is 6.61 Å². The van der Waals surface area contributed by atoms with Crippen molar-refractivity contribution in [1.29, 1.82) is 0 Å². The standard InChI is InChI=1S/C30H39N3O7Si/c1-19-17-33(29(37)32-26(19)35)28-25(39-20(2)27(36)31-6)24(34)23(40-28)18-38-41(30(3,4)5,21-13-9-7-10-14-21)22-15-11-8-12-16-22/h7-17,20,23-25,28,34H,18H2,1-6H3,(H,31,36)(H,32,35,37)/t20-,23+,24?,25-,28+/m0/s1. The van der Waals surface area contributed by atoms with Gasteiger partial charge in [-0.2, -0.15) is 0 Å². The number of nitrogens with zero attached hydrogens (tertiary/aromatic N) is 1. The number of aryl methyl sites for hydroxylation is 1. The fourth-order valence-corrected chi connectivity index (χ4v) is 10.0. The van der Waals surface area contributed by atoms with Gasteiger partial charge in [0, 0.05) is 18.8 Å². The molecule has 10 nitrogen and oxygen atoms in total. The Morgan fingerprint density at radius 3 is 2.17 bits per heavy atom. The SMILES string of the molecule is CNC(=O)[C@H](C)O[C@H]1C(O)[C@@H](CO[Si](c2ccccc2)(c2ccccc2)C(C)(C)C)O[C@H]1n1cc(C)c(=O)[nH]c1=O. The lowest BCUT2D eigenvalue weighted by Crippen LogP contribution is -2.67. The molecule has 2 heterocycles. The number of hydrogen-bond acceptors (Lipinski definition) is 7. The van der Waals surface area contributed by atoms with E-state index in [1.54, 1.807) is 13.8 Å². The maximum absolute atomic E-state index is 12.8. The first-order chi connectivity index (χ1) is 19.4. The molecule has 1 aliphatic rings. The van der Waals surface area contributed by atoms with Crippen LogP contribution >= 0.6 is 0 Å². The fraction of sp³-hybridized carbons (Fsp3) is 0.433. The van der Waals surface area contributed by atoms with Gasteiger partial charge in [0.25, 0.3) is 13.9 Å². The van der Waals surface area contributed by atoms with Gasteiger partial charge in [-0.05, 0) is 29.3 Å². The highest BCUT2D eigenvalue weighted by atomic mass is 28.4. The highest BCUT2D eigenvalue weighted by molar-refractivity contribution is 6.99. The molecule has 1 unspecified atom stereocenters. The first-order valence-electron chi connectivity index (χ1n) is 13.7. The molecule has 0 spiro atoms. The molecule has 1 aliphatic heterocycles. The maximum atomic E-state index is 12.8. The molecule has 3 N–H and O–H groups in total. The zero-order valence-corrected chi connectivity index (χ0v) is 25.3. The average Bonchev–Trinajstić information content (AvgIpc) is 3.25. The van der Waals surface area contributed by atoms with Crippen LogP contribution in [0.3, 0.4) is 0 Å². The Hall–Kier alpha value is -3.35. The summed E-state index contributed by atoms with van der Waals surface area (Å²) in [4.78, 5) is 39.4. The van der Waals surface area contributed by atoms with E-state index >= 15 is 0 Å². The number of likely N-dealkylation sites (N-methyl/N-ethyl adjacent to an activating group) is 1. The van der Waals surface area contributed by atoms with Crippen molar-refractivity contribution in [2.45, 2.75) is 70.3 Å². The van der Waals surface area contributed by atoms with Gasteiger partial charge in [-0.15, -0.1) is 0 Å². The Labute approximate surface area is 240 Å². The van der Waals surface area contributed by atoms with E-state index in [4.69, 9.17) is 13.9 Å². The van der Waals surface area contributed by atoms with Crippen molar-refractivity contribution in [3.63, 3.8) is 0 Å². The summed E-state index contributed by atoms with van der Waals surface area (Å²) in [7, 11) is -1.48. The van der Waals surface area contributed by atoms with Crippen molar-refractivity contribution in [1.82, 2.24) is 14.9 Å². The van der Waals surface area contributed by atoms with E-state index in [0.717, 1.165) is 10.4 Å². The number of aliphatic hydroxyl groups excluding tert-OH is 1. The molecule has 220 valence electrons. The van der Waals surface area contributed by atoms with Crippen LogP contribution in [0.5, 0.6) is 0 Å². The fourth-order valence-electron chi connectivity index (χ4n) is 5.47. The molecule has 4 rings (SSSR count). The zero-order chi connectivity index (χ0) is 29.9. The Morgan fingerprint density at radius 1 is 1.10 bits per heavy atom. The Balaban J connectivity index is 1.74. The summed E-state index contributed by atoms with van der Waals surface area (Å²) in [5.74, 6) is -0.395. The molecule has 1 aromatic heterocycles. The molecule has 3 aromatic rings. The number of aromatic nitrogens is 2. The first kappa shape index (κ1) is 30.6. The van der Waals surface area contributed by atoms with Gasteiger partial charge >= 0.3 is 5.69 Å². The van der Waals surface area contributed by atoms with Crippen molar-refractivity contribution in [2.24, 2.45) is 0 Å². The summed E-state index contributed by atoms with van der Waals surface area (Å²) in [5.41, 5.74) is -0.951. The predicted molar refractivity (Wildman–Crippen MR) is 158 cm³/mol. The second-order valence-corrected chi connectivity index (χ2v) is 15.7. The topological polar surface area (TPSA) is 132 Å². The molecule has 0 radical (unpaired) electrons. The van der Waals surface area contributed by atoms with Crippen LogP contribution in [0.15, 0.2) is 76.4 Å². The Bertz CT molecular complexity index is 1410. The number of aromatic amines is 1. The molecular weight excluding hydrogens is 542 g/mol. The summed E-state index contributed by atoms with van der Waals surface area (Å²) >= 11 is 0. The molecule has 2 aromatic carbocycles. The van der Waals surface area contributed by atoms with E-state index in [0.29, 0.717) is 0 Å². The van der Waals surface area contributed by atoms with Crippen molar-refractivity contribution in [2.75, 3.05) is 13.7 Å². The number of carbonyl (C=O) groups is 1. The molecule has 5 atom stereocenters. The van der Waals surface area contributed by atoms with Crippen LogP contribution in [0.1, 0.15) is 39.5 Å². The van der Waals surface area contributed by atoms with Crippen LogP contribution in [0.25, 0.3) is 0 Å².